The van der Waals surface area contributed by atoms with Gasteiger partial charge in [-0.2, -0.15) is 0 Å². The maximum Gasteiger partial charge on any atom is 0.271 e. The Bertz CT molecular complexity index is 472. The van der Waals surface area contributed by atoms with Crippen LogP contribution >= 0.6 is 0 Å². The Labute approximate surface area is 103 Å². The SMILES string of the molecule is O=C([O-])CCCC(=O)Nc1cccc([N+](=O)[O-])c1. The lowest BCUT2D eigenvalue weighted by Crippen LogP contribution is -2.22. The van der Waals surface area contributed by atoms with Crippen LogP contribution in [0.2, 0.25) is 0 Å². The molecule has 1 rings (SSSR count). The molecule has 0 saturated heterocycles. The van der Waals surface area contributed by atoms with Crippen LogP contribution < -0.4 is 10.4 Å². The molecule has 0 atom stereocenters. The van der Waals surface area contributed by atoms with Crippen molar-refractivity contribution >= 4 is 23.3 Å². The third-order valence-electron chi connectivity index (χ3n) is 2.13. The molecule has 1 aromatic carbocycles. The van der Waals surface area contributed by atoms with Gasteiger partial charge in [0.25, 0.3) is 5.69 Å². The van der Waals surface area contributed by atoms with Gasteiger partial charge in [0.05, 0.1) is 4.92 Å². The first kappa shape index (κ1) is 13.6. The van der Waals surface area contributed by atoms with Gasteiger partial charge >= 0.3 is 0 Å². The molecular weight excluding hydrogens is 240 g/mol. The number of anilines is 1. The number of hydrogen-bond acceptors (Lipinski definition) is 5. The molecule has 0 bridgehead atoms. The molecular formula is C11H11N2O5-. The van der Waals surface area contributed by atoms with Gasteiger partial charge in [0.2, 0.25) is 5.91 Å². The van der Waals surface area contributed by atoms with Crippen molar-refractivity contribution in [3.05, 3.63) is 34.4 Å². The fraction of sp³-hybridized carbons (Fsp3) is 0.273. The van der Waals surface area contributed by atoms with E-state index in [0.717, 1.165) is 0 Å². The van der Waals surface area contributed by atoms with Crippen molar-refractivity contribution in [1.82, 2.24) is 0 Å². The predicted molar refractivity (Wildman–Crippen MR) is 60.6 cm³/mol. The molecule has 0 unspecified atom stereocenters. The Morgan fingerprint density at radius 2 is 2.00 bits per heavy atom. The number of nitrogens with zero attached hydrogens (tertiary/aromatic N) is 1. The van der Waals surface area contributed by atoms with Crippen molar-refractivity contribution in [1.29, 1.82) is 0 Å². The molecule has 0 saturated carbocycles. The molecule has 0 heterocycles. The van der Waals surface area contributed by atoms with Gasteiger partial charge in [0.15, 0.2) is 0 Å². The number of carboxylic acid groups (broad SMARTS) is 1. The summed E-state index contributed by atoms with van der Waals surface area (Å²) >= 11 is 0. The van der Waals surface area contributed by atoms with Gasteiger partial charge < -0.3 is 15.2 Å². The minimum atomic E-state index is -1.21. The Kier molecular flexibility index (Phi) is 4.79. The highest BCUT2D eigenvalue weighted by Crippen LogP contribution is 2.17. The second kappa shape index (κ2) is 6.33. The molecule has 0 radical (unpaired) electrons. The van der Waals surface area contributed by atoms with Crippen LogP contribution in [0, 0.1) is 10.1 Å². The highest BCUT2D eigenvalue weighted by molar-refractivity contribution is 5.91. The lowest BCUT2D eigenvalue weighted by molar-refractivity contribution is -0.384. The topological polar surface area (TPSA) is 112 Å². The average molecular weight is 251 g/mol. The van der Waals surface area contributed by atoms with E-state index in [2.05, 4.69) is 5.32 Å². The molecule has 0 spiro atoms. The Morgan fingerprint density at radius 1 is 1.28 bits per heavy atom. The van der Waals surface area contributed by atoms with E-state index < -0.39 is 16.8 Å². The number of amides is 1. The van der Waals surface area contributed by atoms with Crippen LogP contribution in [-0.4, -0.2) is 16.8 Å². The predicted octanol–water partition coefficient (Wildman–Crippen LogP) is 0.453. The summed E-state index contributed by atoms with van der Waals surface area (Å²) < 4.78 is 0. The van der Waals surface area contributed by atoms with Gasteiger partial charge in [-0.3, -0.25) is 14.9 Å². The van der Waals surface area contributed by atoms with Gasteiger partial charge in [-0.1, -0.05) is 6.07 Å². The maximum atomic E-state index is 11.4. The number of non-ortho nitro benzene ring substituents is 1. The number of carbonyl (C=O) groups is 2. The summed E-state index contributed by atoms with van der Waals surface area (Å²) in [5.41, 5.74) is 0.185. The van der Waals surface area contributed by atoms with Crippen molar-refractivity contribution < 1.29 is 19.6 Å². The van der Waals surface area contributed by atoms with Crippen LogP contribution in [0.1, 0.15) is 19.3 Å². The fourth-order valence-electron chi connectivity index (χ4n) is 1.31. The van der Waals surface area contributed by atoms with Crippen LogP contribution in [-0.2, 0) is 9.59 Å². The minimum absolute atomic E-state index is 0.0245. The zero-order valence-electron chi connectivity index (χ0n) is 9.42. The summed E-state index contributed by atoms with van der Waals surface area (Å²) in [6, 6.07) is 5.51. The number of aliphatic carboxylic acids is 1. The van der Waals surface area contributed by atoms with Gasteiger partial charge in [-0.25, -0.2) is 0 Å². The quantitative estimate of drug-likeness (QED) is 0.582. The molecule has 0 fully saturated rings. The summed E-state index contributed by atoms with van der Waals surface area (Å²) in [5, 5.41) is 23.1. The zero-order valence-corrected chi connectivity index (χ0v) is 9.42. The summed E-state index contributed by atoms with van der Waals surface area (Å²) in [4.78, 5) is 31.5. The molecule has 0 aliphatic heterocycles. The number of carbonyl (C=O) groups excluding carboxylic acids is 2. The molecule has 1 aromatic rings. The molecule has 0 aliphatic rings. The number of hydrogen-bond donors (Lipinski definition) is 1. The van der Waals surface area contributed by atoms with Crippen LogP contribution in [0.25, 0.3) is 0 Å². The first-order valence-corrected chi connectivity index (χ1v) is 5.23. The molecule has 7 nitrogen and oxygen atoms in total. The van der Waals surface area contributed by atoms with Crippen LogP contribution in [0.3, 0.4) is 0 Å². The third kappa shape index (κ3) is 4.60. The smallest absolute Gasteiger partial charge is 0.271 e. The Hall–Kier alpha value is -2.44. The summed E-state index contributed by atoms with van der Waals surface area (Å²) in [6.07, 6.45) is 0.00211. The number of nitro groups is 1. The number of nitrogens with one attached hydrogen (secondary N) is 1. The largest absolute Gasteiger partial charge is 0.550 e. The summed E-state index contributed by atoms with van der Waals surface area (Å²) in [6.45, 7) is 0. The van der Waals surface area contributed by atoms with Crippen LogP contribution in [0.15, 0.2) is 24.3 Å². The first-order chi connectivity index (χ1) is 8.49. The van der Waals surface area contributed by atoms with Gasteiger partial charge in [-0.05, 0) is 18.9 Å². The molecule has 7 heteroatoms. The maximum absolute atomic E-state index is 11.4. The second-order valence-electron chi connectivity index (χ2n) is 3.58. The van der Waals surface area contributed by atoms with E-state index >= 15 is 0 Å². The van der Waals surface area contributed by atoms with Crippen molar-refractivity contribution in [2.24, 2.45) is 0 Å². The number of rotatable bonds is 6. The molecule has 0 aliphatic carbocycles. The normalized spacial score (nSPS) is 9.78. The molecule has 1 N–H and O–H groups in total. The van der Waals surface area contributed by atoms with Crippen molar-refractivity contribution in [3.63, 3.8) is 0 Å². The fourth-order valence-corrected chi connectivity index (χ4v) is 1.31. The van der Waals surface area contributed by atoms with E-state index in [9.17, 15) is 24.8 Å². The minimum Gasteiger partial charge on any atom is -0.550 e. The van der Waals surface area contributed by atoms with E-state index in [1.54, 1.807) is 0 Å². The molecule has 0 aromatic heterocycles. The van der Waals surface area contributed by atoms with E-state index in [4.69, 9.17) is 0 Å². The monoisotopic (exact) mass is 251 g/mol. The van der Waals surface area contributed by atoms with Crippen molar-refractivity contribution in [2.45, 2.75) is 19.3 Å². The number of carboxylic acids is 1. The van der Waals surface area contributed by atoms with Gasteiger partial charge in [-0.15, -0.1) is 0 Å². The van der Waals surface area contributed by atoms with E-state index in [0.29, 0.717) is 5.69 Å². The van der Waals surface area contributed by atoms with Crippen molar-refractivity contribution in [2.75, 3.05) is 5.32 Å². The lowest BCUT2D eigenvalue weighted by Gasteiger charge is -2.05. The number of benzene rings is 1. The highest BCUT2D eigenvalue weighted by atomic mass is 16.6. The Balaban J connectivity index is 2.51. The van der Waals surface area contributed by atoms with E-state index in [-0.39, 0.29) is 24.9 Å². The lowest BCUT2D eigenvalue weighted by atomic mass is 10.2. The van der Waals surface area contributed by atoms with Gasteiger partial charge in [0.1, 0.15) is 0 Å². The third-order valence-corrected chi connectivity index (χ3v) is 2.13. The number of nitro benzene ring substituents is 1. The van der Waals surface area contributed by atoms with Crippen LogP contribution in [0.5, 0.6) is 0 Å². The standard InChI is InChI=1S/C11H12N2O5/c14-10(5-2-6-11(15)16)12-8-3-1-4-9(7-8)13(17)18/h1,3-4,7H,2,5-6H2,(H,12,14)(H,15,16)/p-1. The molecule has 96 valence electrons. The zero-order chi connectivity index (χ0) is 13.5. The molecule has 18 heavy (non-hydrogen) atoms. The van der Waals surface area contributed by atoms with E-state index in [1.807, 2.05) is 0 Å². The average Bonchev–Trinajstić information content (AvgIpc) is 2.28. The van der Waals surface area contributed by atoms with Crippen molar-refractivity contribution in [3.8, 4) is 0 Å². The summed E-state index contributed by atoms with van der Waals surface area (Å²) in [5.74, 6) is -1.60. The van der Waals surface area contributed by atoms with Crippen LogP contribution in [0.4, 0.5) is 11.4 Å². The first-order valence-electron chi connectivity index (χ1n) is 5.23. The van der Waals surface area contributed by atoms with Gasteiger partial charge in [0, 0.05) is 30.2 Å². The summed E-state index contributed by atoms with van der Waals surface area (Å²) in [7, 11) is 0. The molecule has 1 amide bonds. The second-order valence-corrected chi connectivity index (χ2v) is 3.58. The highest BCUT2D eigenvalue weighted by Gasteiger charge is 2.07. The van der Waals surface area contributed by atoms with E-state index in [1.165, 1.54) is 24.3 Å². The Morgan fingerprint density at radius 3 is 2.61 bits per heavy atom.